The largest absolute Gasteiger partial charge is 0.481 e. The number of nitrogens with zero attached hydrogens (tertiary/aromatic N) is 2. The molecule has 3 aromatic carbocycles. The summed E-state index contributed by atoms with van der Waals surface area (Å²) in [4.78, 5) is 33.8. The van der Waals surface area contributed by atoms with Gasteiger partial charge >= 0.3 is 5.97 Å². The molecule has 37 heavy (non-hydrogen) atoms. The molecule has 2 N–H and O–H groups in total. The van der Waals surface area contributed by atoms with Gasteiger partial charge in [0.05, 0.1) is 28.5 Å². The Balaban J connectivity index is 1.64. The van der Waals surface area contributed by atoms with Gasteiger partial charge in [-0.2, -0.15) is 0 Å². The zero-order valence-electron chi connectivity index (χ0n) is 20.5. The number of aryl methyl sites for hydroxylation is 1. The summed E-state index contributed by atoms with van der Waals surface area (Å²) in [5.41, 5.74) is 4.71. The highest BCUT2D eigenvalue weighted by Gasteiger charge is 2.17. The van der Waals surface area contributed by atoms with Crippen LogP contribution < -0.4 is 5.32 Å². The second-order valence-corrected chi connectivity index (χ2v) is 9.65. The van der Waals surface area contributed by atoms with Gasteiger partial charge in [-0.1, -0.05) is 42.8 Å². The second kappa shape index (κ2) is 11.5. The Bertz CT molecular complexity index is 1430. The van der Waals surface area contributed by atoms with E-state index in [0.29, 0.717) is 40.2 Å². The first kappa shape index (κ1) is 26.2. The van der Waals surface area contributed by atoms with Crippen molar-refractivity contribution in [1.29, 1.82) is 0 Å². The lowest BCUT2D eigenvalue weighted by molar-refractivity contribution is -0.138. The van der Waals surface area contributed by atoms with Gasteiger partial charge in [-0.15, -0.1) is 0 Å². The van der Waals surface area contributed by atoms with Gasteiger partial charge < -0.3 is 10.4 Å². The molecule has 2 atom stereocenters. The van der Waals surface area contributed by atoms with E-state index in [-0.39, 0.29) is 30.1 Å². The van der Waals surface area contributed by atoms with Gasteiger partial charge in [-0.3, -0.25) is 9.59 Å². The number of benzene rings is 3. The minimum absolute atomic E-state index is 0.0295. The summed E-state index contributed by atoms with van der Waals surface area (Å²) >= 11 is 6.07. The molecule has 1 aromatic heterocycles. The molecule has 0 saturated heterocycles. The molecule has 1 heterocycles. The van der Waals surface area contributed by atoms with Gasteiger partial charge in [0.25, 0.3) is 5.91 Å². The zero-order chi connectivity index (χ0) is 26.5. The molecule has 0 unspecified atom stereocenters. The summed E-state index contributed by atoms with van der Waals surface area (Å²) < 4.78 is 13.2. The van der Waals surface area contributed by atoms with Crippen molar-refractivity contribution < 1.29 is 19.1 Å². The SMILES string of the molecule is C[C@H](CCc1nc2cc(C(=O)N[C@H](C)c3ccc(F)cc3)ccc2nc1-c1ccc(Cl)cc1)CC(=O)O. The number of aromatic nitrogens is 2. The maximum absolute atomic E-state index is 13.2. The Morgan fingerprint density at radius 1 is 0.973 bits per heavy atom. The predicted octanol–water partition coefficient (Wildman–Crippen LogP) is 6.62. The van der Waals surface area contributed by atoms with Gasteiger partial charge in [0, 0.05) is 22.6 Å². The van der Waals surface area contributed by atoms with E-state index >= 15 is 0 Å². The Morgan fingerprint density at radius 2 is 1.68 bits per heavy atom. The molecule has 0 fully saturated rings. The van der Waals surface area contributed by atoms with E-state index in [0.717, 1.165) is 16.8 Å². The smallest absolute Gasteiger partial charge is 0.303 e. The fraction of sp³-hybridized carbons (Fsp3) is 0.241. The lowest BCUT2D eigenvalue weighted by atomic mass is 9.98. The van der Waals surface area contributed by atoms with Gasteiger partial charge in [0.1, 0.15) is 5.82 Å². The maximum atomic E-state index is 13.2. The Hall–Kier alpha value is -3.84. The van der Waals surface area contributed by atoms with E-state index in [2.05, 4.69) is 5.32 Å². The number of carboxylic acids is 1. The molecule has 1 amide bonds. The molecular formula is C29H27ClFN3O3. The molecule has 4 aromatic rings. The summed E-state index contributed by atoms with van der Waals surface area (Å²) in [6.45, 7) is 3.73. The second-order valence-electron chi connectivity index (χ2n) is 9.22. The number of halogens is 2. The van der Waals surface area contributed by atoms with Crippen molar-refractivity contribution in [2.24, 2.45) is 5.92 Å². The minimum atomic E-state index is -0.833. The number of rotatable bonds is 9. The third-order valence-corrected chi connectivity index (χ3v) is 6.48. The van der Waals surface area contributed by atoms with Crippen molar-refractivity contribution in [3.05, 3.63) is 94.4 Å². The van der Waals surface area contributed by atoms with E-state index in [1.165, 1.54) is 12.1 Å². The van der Waals surface area contributed by atoms with Crippen LogP contribution in [0.4, 0.5) is 4.39 Å². The van der Waals surface area contributed by atoms with E-state index in [4.69, 9.17) is 26.7 Å². The molecular weight excluding hydrogens is 493 g/mol. The fourth-order valence-corrected chi connectivity index (χ4v) is 4.27. The molecule has 190 valence electrons. The van der Waals surface area contributed by atoms with Crippen LogP contribution in [0.25, 0.3) is 22.3 Å². The maximum Gasteiger partial charge on any atom is 0.303 e. The number of nitrogens with one attached hydrogen (secondary N) is 1. The number of hydrogen-bond donors (Lipinski definition) is 2. The standard InChI is InChI=1S/C29H27ClFN3O3/c1-17(15-27(35)36)3-13-25-28(20-4-9-22(30)10-5-20)34-24-14-8-21(16-26(24)33-25)29(37)32-18(2)19-6-11-23(31)12-7-19/h4-12,14,16-18H,3,13,15H2,1-2H3,(H,32,37)(H,35,36)/t17-,18-/m1/s1. The summed E-state index contributed by atoms with van der Waals surface area (Å²) in [5, 5.41) is 12.7. The molecule has 4 rings (SSSR count). The average molecular weight is 520 g/mol. The van der Waals surface area contributed by atoms with Crippen LogP contribution in [0, 0.1) is 11.7 Å². The number of hydrogen-bond acceptors (Lipinski definition) is 4. The number of fused-ring (bicyclic) bond motifs is 1. The molecule has 6 nitrogen and oxygen atoms in total. The Kier molecular flexibility index (Phi) is 8.14. The molecule has 8 heteroatoms. The summed E-state index contributed by atoms with van der Waals surface area (Å²) in [7, 11) is 0. The quantitative estimate of drug-likeness (QED) is 0.259. The Morgan fingerprint density at radius 3 is 2.35 bits per heavy atom. The van der Waals surface area contributed by atoms with E-state index in [9.17, 15) is 14.0 Å². The van der Waals surface area contributed by atoms with Crippen LogP contribution in [-0.2, 0) is 11.2 Å². The van der Waals surface area contributed by atoms with Crippen LogP contribution in [-0.4, -0.2) is 27.0 Å². The van der Waals surface area contributed by atoms with Crippen molar-refractivity contribution >= 4 is 34.5 Å². The van der Waals surface area contributed by atoms with Gasteiger partial charge in [-0.25, -0.2) is 14.4 Å². The van der Waals surface area contributed by atoms with Crippen LogP contribution in [0.2, 0.25) is 5.02 Å². The van der Waals surface area contributed by atoms with Crippen LogP contribution in [0.5, 0.6) is 0 Å². The fourth-order valence-electron chi connectivity index (χ4n) is 4.14. The highest BCUT2D eigenvalue weighted by Crippen LogP contribution is 2.27. The normalized spacial score (nSPS) is 12.8. The Labute approximate surface area is 219 Å². The van der Waals surface area contributed by atoms with Crippen molar-refractivity contribution in [3.63, 3.8) is 0 Å². The minimum Gasteiger partial charge on any atom is -0.481 e. The molecule has 0 aliphatic carbocycles. The van der Waals surface area contributed by atoms with E-state index in [1.807, 2.05) is 26.0 Å². The van der Waals surface area contributed by atoms with Crippen LogP contribution >= 0.6 is 11.6 Å². The molecule has 0 aliphatic rings. The van der Waals surface area contributed by atoms with Crippen molar-refractivity contribution in [1.82, 2.24) is 15.3 Å². The summed E-state index contributed by atoms with van der Waals surface area (Å²) in [6, 6.07) is 18.2. The lowest BCUT2D eigenvalue weighted by Gasteiger charge is -2.15. The molecule has 0 aliphatic heterocycles. The van der Waals surface area contributed by atoms with E-state index < -0.39 is 5.97 Å². The number of carbonyl (C=O) groups is 2. The molecule has 0 saturated carbocycles. The van der Waals surface area contributed by atoms with Crippen molar-refractivity contribution in [2.75, 3.05) is 0 Å². The average Bonchev–Trinajstić information content (AvgIpc) is 2.87. The highest BCUT2D eigenvalue weighted by atomic mass is 35.5. The van der Waals surface area contributed by atoms with Gasteiger partial charge in [0.15, 0.2) is 0 Å². The third kappa shape index (κ3) is 6.68. The summed E-state index contributed by atoms with van der Waals surface area (Å²) in [5.74, 6) is -1.47. The number of amides is 1. The van der Waals surface area contributed by atoms with Crippen molar-refractivity contribution in [3.8, 4) is 11.3 Å². The predicted molar refractivity (Wildman–Crippen MR) is 142 cm³/mol. The van der Waals surface area contributed by atoms with Gasteiger partial charge in [0.2, 0.25) is 0 Å². The lowest BCUT2D eigenvalue weighted by Crippen LogP contribution is -2.26. The molecule has 0 radical (unpaired) electrons. The first-order valence-electron chi connectivity index (χ1n) is 12.0. The van der Waals surface area contributed by atoms with Crippen LogP contribution in [0.1, 0.15) is 54.3 Å². The van der Waals surface area contributed by atoms with Gasteiger partial charge in [-0.05, 0) is 73.7 Å². The summed E-state index contributed by atoms with van der Waals surface area (Å²) in [6.07, 6.45) is 1.24. The zero-order valence-corrected chi connectivity index (χ0v) is 21.3. The number of carboxylic acid groups (broad SMARTS) is 1. The van der Waals surface area contributed by atoms with Crippen LogP contribution in [0.15, 0.2) is 66.7 Å². The van der Waals surface area contributed by atoms with Crippen molar-refractivity contribution in [2.45, 2.75) is 39.2 Å². The first-order chi connectivity index (χ1) is 17.7. The monoisotopic (exact) mass is 519 g/mol. The molecule has 0 spiro atoms. The third-order valence-electron chi connectivity index (χ3n) is 6.23. The van der Waals surface area contributed by atoms with Crippen LogP contribution in [0.3, 0.4) is 0 Å². The first-order valence-corrected chi connectivity index (χ1v) is 12.4. The topological polar surface area (TPSA) is 92.2 Å². The number of aliphatic carboxylic acids is 1. The van der Waals surface area contributed by atoms with E-state index in [1.54, 1.807) is 42.5 Å². The number of carbonyl (C=O) groups excluding carboxylic acids is 1. The molecule has 0 bridgehead atoms. The highest BCUT2D eigenvalue weighted by molar-refractivity contribution is 6.30.